The highest BCUT2D eigenvalue weighted by Gasteiger charge is 2.25. The molecule has 2 heterocycles. The van der Waals surface area contributed by atoms with Crippen LogP contribution in [0.4, 0.5) is 0 Å². The van der Waals surface area contributed by atoms with E-state index >= 15 is 0 Å². The number of halogens is 2. The molecule has 1 aliphatic rings. The monoisotopic (exact) mass is 440 g/mol. The molecular weight excluding hydrogens is 420 g/mol. The molecule has 5 rings (SSSR count). The number of benzene rings is 3. The van der Waals surface area contributed by atoms with Crippen LogP contribution in [0.25, 0.3) is 21.7 Å². The fourth-order valence-corrected chi connectivity index (χ4v) is 4.76. The number of rotatable bonds is 2. The molecule has 2 nitrogen and oxygen atoms in total. The minimum absolute atomic E-state index is 0. The summed E-state index contributed by atoms with van der Waals surface area (Å²) in [6.07, 6.45) is 2.08. The van der Waals surface area contributed by atoms with Crippen molar-refractivity contribution in [3.05, 3.63) is 81.5 Å². The summed E-state index contributed by atoms with van der Waals surface area (Å²) >= 11 is 3.77. The number of hydrogen-bond acceptors (Lipinski definition) is 1. The number of aromatic amines is 1. The van der Waals surface area contributed by atoms with Crippen LogP contribution in [0, 0.1) is 6.92 Å². The molecule has 138 valence electrons. The SMILES string of the molecule is Cc1ccc2c3c([nH]c2c1Br)C(Cc1cccc2ccccc12)NCC3.Cl. The van der Waals surface area contributed by atoms with Gasteiger partial charge in [-0.25, -0.2) is 0 Å². The van der Waals surface area contributed by atoms with Crippen LogP contribution >= 0.6 is 28.3 Å². The highest BCUT2D eigenvalue weighted by atomic mass is 79.9. The van der Waals surface area contributed by atoms with Gasteiger partial charge in [-0.2, -0.15) is 0 Å². The maximum atomic E-state index is 3.77. The van der Waals surface area contributed by atoms with Gasteiger partial charge in [0.05, 0.1) is 11.6 Å². The highest BCUT2D eigenvalue weighted by Crippen LogP contribution is 2.36. The van der Waals surface area contributed by atoms with E-state index in [2.05, 4.69) is 87.8 Å². The largest absolute Gasteiger partial charge is 0.356 e. The van der Waals surface area contributed by atoms with Crippen molar-refractivity contribution in [2.75, 3.05) is 6.54 Å². The van der Waals surface area contributed by atoms with Crippen LogP contribution in [-0.2, 0) is 12.8 Å². The fraction of sp³-hybridized carbons (Fsp3) is 0.217. The van der Waals surface area contributed by atoms with Crippen LogP contribution in [0.1, 0.15) is 28.4 Å². The highest BCUT2D eigenvalue weighted by molar-refractivity contribution is 9.10. The molecule has 4 heteroatoms. The fourth-order valence-electron chi connectivity index (χ4n) is 4.31. The molecule has 0 amide bonds. The first kappa shape index (κ1) is 18.5. The van der Waals surface area contributed by atoms with Gasteiger partial charge in [-0.05, 0) is 69.7 Å². The van der Waals surface area contributed by atoms with Gasteiger partial charge in [-0.1, -0.05) is 54.6 Å². The third-order valence-corrected chi connectivity index (χ3v) is 6.69. The van der Waals surface area contributed by atoms with E-state index < -0.39 is 0 Å². The summed E-state index contributed by atoms with van der Waals surface area (Å²) in [5.74, 6) is 0. The first-order valence-corrected chi connectivity index (χ1v) is 10.0. The van der Waals surface area contributed by atoms with Gasteiger partial charge in [0.15, 0.2) is 0 Å². The summed E-state index contributed by atoms with van der Waals surface area (Å²) in [6.45, 7) is 3.18. The average molecular weight is 442 g/mol. The Morgan fingerprint density at radius 1 is 1.00 bits per heavy atom. The van der Waals surface area contributed by atoms with Crippen LogP contribution < -0.4 is 5.32 Å². The summed E-state index contributed by atoms with van der Waals surface area (Å²) in [4.78, 5) is 3.73. The zero-order valence-corrected chi connectivity index (χ0v) is 17.6. The number of hydrogen-bond donors (Lipinski definition) is 2. The second-order valence-corrected chi connectivity index (χ2v) is 8.03. The first-order valence-electron chi connectivity index (χ1n) is 9.22. The maximum absolute atomic E-state index is 3.77. The van der Waals surface area contributed by atoms with Crippen LogP contribution in [0.3, 0.4) is 0 Å². The number of aromatic nitrogens is 1. The molecule has 1 unspecified atom stereocenters. The minimum atomic E-state index is 0. The van der Waals surface area contributed by atoms with E-state index in [-0.39, 0.29) is 12.4 Å². The molecule has 1 aliphatic heterocycles. The lowest BCUT2D eigenvalue weighted by Gasteiger charge is -2.25. The average Bonchev–Trinajstić information content (AvgIpc) is 3.06. The lowest BCUT2D eigenvalue weighted by molar-refractivity contribution is 0.496. The quantitative estimate of drug-likeness (QED) is 0.378. The Labute approximate surface area is 173 Å². The van der Waals surface area contributed by atoms with E-state index in [1.165, 1.54) is 48.5 Å². The zero-order valence-electron chi connectivity index (χ0n) is 15.2. The maximum Gasteiger partial charge on any atom is 0.0606 e. The summed E-state index contributed by atoms with van der Waals surface area (Å²) in [5, 5.41) is 7.77. The molecule has 2 N–H and O–H groups in total. The molecule has 1 atom stereocenters. The summed E-state index contributed by atoms with van der Waals surface area (Å²) in [6, 6.07) is 20.1. The lowest BCUT2D eigenvalue weighted by Crippen LogP contribution is -2.31. The van der Waals surface area contributed by atoms with Gasteiger partial charge in [0, 0.05) is 15.6 Å². The minimum Gasteiger partial charge on any atom is -0.356 e. The van der Waals surface area contributed by atoms with Crippen molar-refractivity contribution in [2.45, 2.75) is 25.8 Å². The molecule has 0 saturated heterocycles. The van der Waals surface area contributed by atoms with E-state index in [0.29, 0.717) is 6.04 Å². The van der Waals surface area contributed by atoms with Crippen molar-refractivity contribution in [3.8, 4) is 0 Å². The van der Waals surface area contributed by atoms with E-state index in [0.717, 1.165) is 19.4 Å². The third-order valence-electron chi connectivity index (χ3n) is 5.66. The third kappa shape index (κ3) is 3.08. The number of nitrogens with one attached hydrogen (secondary N) is 2. The first-order chi connectivity index (χ1) is 12.7. The van der Waals surface area contributed by atoms with E-state index in [4.69, 9.17) is 0 Å². The Morgan fingerprint density at radius 3 is 2.70 bits per heavy atom. The molecule has 0 aliphatic carbocycles. The number of aryl methyl sites for hydroxylation is 1. The molecule has 0 saturated carbocycles. The van der Waals surface area contributed by atoms with Crippen molar-refractivity contribution in [2.24, 2.45) is 0 Å². The van der Waals surface area contributed by atoms with Gasteiger partial charge in [-0.15, -0.1) is 12.4 Å². The molecular formula is C23H22BrClN2. The summed E-state index contributed by atoms with van der Waals surface area (Å²) in [5.41, 5.74) is 6.74. The Morgan fingerprint density at radius 2 is 1.81 bits per heavy atom. The number of fused-ring (bicyclic) bond motifs is 4. The molecule has 27 heavy (non-hydrogen) atoms. The molecule has 0 spiro atoms. The normalized spacial score (nSPS) is 16.3. The molecule has 0 fully saturated rings. The van der Waals surface area contributed by atoms with Crippen molar-refractivity contribution in [1.82, 2.24) is 10.3 Å². The van der Waals surface area contributed by atoms with Crippen LogP contribution in [0.2, 0.25) is 0 Å². The standard InChI is InChI=1S/C23H21BrN2.ClH/c1-14-9-10-18-19-11-12-25-20(22(19)26-23(18)21(14)24)13-16-7-4-6-15-5-2-3-8-17(15)16;/h2-10,20,25-26H,11-13H2,1H3;1H. The zero-order chi connectivity index (χ0) is 17.7. The molecule has 1 aromatic heterocycles. The summed E-state index contributed by atoms with van der Waals surface area (Å²) in [7, 11) is 0. The Hall–Kier alpha value is -1.81. The molecule has 0 bridgehead atoms. The van der Waals surface area contributed by atoms with Crippen LogP contribution in [0.5, 0.6) is 0 Å². The van der Waals surface area contributed by atoms with Gasteiger partial charge >= 0.3 is 0 Å². The van der Waals surface area contributed by atoms with E-state index in [9.17, 15) is 0 Å². The molecule has 3 aromatic carbocycles. The van der Waals surface area contributed by atoms with Gasteiger partial charge in [0.1, 0.15) is 0 Å². The Balaban J connectivity index is 0.00000180. The predicted molar refractivity (Wildman–Crippen MR) is 120 cm³/mol. The van der Waals surface area contributed by atoms with E-state index in [1.54, 1.807) is 0 Å². The van der Waals surface area contributed by atoms with E-state index in [1.807, 2.05) is 0 Å². The molecule has 4 aromatic rings. The van der Waals surface area contributed by atoms with Gasteiger partial charge < -0.3 is 10.3 Å². The smallest absolute Gasteiger partial charge is 0.0606 e. The Kier molecular flexibility index (Phi) is 5.02. The summed E-state index contributed by atoms with van der Waals surface area (Å²) < 4.78 is 1.19. The van der Waals surface area contributed by atoms with Crippen molar-refractivity contribution in [1.29, 1.82) is 0 Å². The lowest BCUT2D eigenvalue weighted by atomic mass is 9.92. The topological polar surface area (TPSA) is 27.8 Å². The van der Waals surface area contributed by atoms with Crippen molar-refractivity contribution in [3.63, 3.8) is 0 Å². The van der Waals surface area contributed by atoms with Gasteiger partial charge in [0.2, 0.25) is 0 Å². The second kappa shape index (κ2) is 7.31. The van der Waals surface area contributed by atoms with Crippen molar-refractivity contribution >= 4 is 50.0 Å². The van der Waals surface area contributed by atoms with Gasteiger partial charge in [-0.3, -0.25) is 0 Å². The van der Waals surface area contributed by atoms with Crippen LogP contribution in [-0.4, -0.2) is 11.5 Å². The second-order valence-electron chi connectivity index (χ2n) is 7.24. The molecule has 0 radical (unpaired) electrons. The van der Waals surface area contributed by atoms with Crippen molar-refractivity contribution < 1.29 is 0 Å². The van der Waals surface area contributed by atoms with Crippen LogP contribution in [0.15, 0.2) is 59.1 Å². The predicted octanol–water partition coefficient (Wildman–Crippen LogP) is 6.24. The van der Waals surface area contributed by atoms with Gasteiger partial charge in [0.25, 0.3) is 0 Å². The Bertz CT molecular complexity index is 1130. The number of H-pyrrole nitrogens is 1.